The van der Waals surface area contributed by atoms with E-state index in [1.807, 2.05) is 19.2 Å². The smallest absolute Gasteiger partial charge is 0.147 e. The fourth-order valence-electron chi connectivity index (χ4n) is 2.21. The van der Waals surface area contributed by atoms with Gasteiger partial charge in [0.15, 0.2) is 0 Å². The second-order valence-electron chi connectivity index (χ2n) is 5.83. The van der Waals surface area contributed by atoms with E-state index < -0.39 is 0 Å². The Balaban J connectivity index is 2.63. The number of hydrogen-bond acceptors (Lipinski definition) is 3. The molecule has 0 bridgehead atoms. The minimum absolute atomic E-state index is 0.0387. The Morgan fingerprint density at radius 2 is 2.00 bits per heavy atom. The van der Waals surface area contributed by atoms with Gasteiger partial charge in [-0.2, -0.15) is 5.26 Å². The van der Waals surface area contributed by atoms with Gasteiger partial charge in [0.2, 0.25) is 0 Å². The minimum Gasteiger partial charge on any atom is -0.496 e. The van der Waals surface area contributed by atoms with Gasteiger partial charge in [-0.15, -0.1) is 0 Å². The van der Waals surface area contributed by atoms with Gasteiger partial charge in [0.25, 0.3) is 0 Å². The molecule has 1 aromatic heterocycles. The van der Waals surface area contributed by atoms with Gasteiger partial charge in [-0.25, -0.2) is 4.98 Å². The summed E-state index contributed by atoms with van der Waals surface area (Å²) in [4.78, 5) is 4.34. The lowest BCUT2D eigenvalue weighted by molar-refractivity contribution is 0.397. The molecule has 0 aliphatic carbocycles. The van der Waals surface area contributed by atoms with Crippen LogP contribution in [0.3, 0.4) is 0 Å². The fraction of sp³-hybridized carbons (Fsp3) is 0.375. The molecule has 104 valence electrons. The highest BCUT2D eigenvalue weighted by atomic mass is 16.5. The molecule has 1 heterocycles. The van der Waals surface area contributed by atoms with Crippen LogP contribution in [0.25, 0.3) is 11.3 Å². The molecule has 0 radical (unpaired) electrons. The van der Waals surface area contributed by atoms with Crippen LogP contribution in [0.15, 0.2) is 24.5 Å². The van der Waals surface area contributed by atoms with Gasteiger partial charge < -0.3 is 9.30 Å². The maximum Gasteiger partial charge on any atom is 0.147 e. The van der Waals surface area contributed by atoms with Crippen LogP contribution in [0, 0.1) is 11.3 Å². The average molecular weight is 269 g/mol. The molecule has 0 spiro atoms. The van der Waals surface area contributed by atoms with Crippen molar-refractivity contribution in [1.29, 1.82) is 5.26 Å². The summed E-state index contributed by atoms with van der Waals surface area (Å²) in [5, 5.41) is 9.24. The van der Waals surface area contributed by atoms with E-state index in [4.69, 9.17) is 4.74 Å². The Bertz CT molecular complexity index is 672. The normalized spacial score (nSPS) is 11.2. The molecule has 0 aliphatic heterocycles. The predicted octanol–water partition coefficient (Wildman–Crippen LogP) is 3.26. The molecule has 4 heteroatoms. The van der Waals surface area contributed by atoms with Crippen molar-refractivity contribution in [3.05, 3.63) is 35.8 Å². The van der Waals surface area contributed by atoms with E-state index >= 15 is 0 Å². The molecular formula is C16H19N3O. The van der Waals surface area contributed by atoms with Crippen LogP contribution in [0.1, 0.15) is 32.0 Å². The van der Waals surface area contributed by atoms with Gasteiger partial charge in [-0.05, 0) is 23.6 Å². The molecule has 2 rings (SSSR count). The molecule has 0 atom stereocenters. The van der Waals surface area contributed by atoms with E-state index in [1.54, 1.807) is 18.0 Å². The Kier molecular flexibility index (Phi) is 3.54. The Morgan fingerprint density at radius 3 is 2.55 bits per heavy atom. The maximum absolute atomic E-state index is 9.24. The summed E-state index contributed by atoms with van der Waals surface area (Å²) in [7, 11) is 3.50. The number of nitriles is 1. The summed E-state index contributed by atoms with van der Waals surface area (Å²) < 4.78 is 7.17. The first-order valence-corrected chi connectivity index (χ1v) is 6.48. The first-order chi connectivity index (χ1) is 9.38. The second-order valence-corrected chi connectivity index (χ2v) is 5.83. The van der Waals surface area contributed by atoms with Gasteiger partial charge in [0.1, 0.15) is 23.2 Å². The number of methoxy groups -OCH3 is 1. The number of hydrogen-bond donors (Lipinski definition) is 0. The third-order valence-corrected chi connectivity index (χ3v) is 3.32. The summed E-state index contributed by atoms with van der Waals surface area (Å²) in [5.74, 6) is 0.857. The quantitative estimate of drug-likeness (QED) is 0.840. The van der Waals surface area contributed by atoms with Crippen molar-refractivity contribution < 1.29 is 4.74 Å². The molecule has 0 aliphatic rings. The van der Waals surface area contributed by atoms with Crippen molar-refractivity contribution in [2.45, 2.75) is 26.2 Å². The van der Waals surface area contributed by atoms with Crippen LogP contribution in [0.5, 0.6) is 5.75 Å². The van der Waals surface area contributed by atoms with E-state index in [2.05, 4.69) is 37.9 Å². The zero-order valence-corrected chi connectivity index (χ0v) is 12.6. The maximum atomic E-state index is 9.24. The number of benzene rings is 1. The summed E-state index contributed by atoms with van der Waals surface area (Å²) in [6.45, 7) is 6.41. The molecule has 0 fully saturated rings. The summed E-state index contributed by atoms with van der Waals surface area (Å²) in [6, 6.07) is 8.13. The van der Waals surface area contributed by atoms with E-state index in [-0.39, 0.29) is 5.41 Å². The average Bonchev–Trinajstić information content (AvgIpc) is 2.78. The zero-order valence-electron chi connectivity index (χ0n) is 12.6. The number of aromatic nitrogens is 2. The van der Waals surface area contributed by atoms with E-state index in [0.717, 1.165) is 16.9 Å². The van der Waals surface area contributed by atoms with Crippen molar-refractivity contribution in [1.82, 2.24) is 9.55 Å². The highest BCUT2D eigenvalue weighted by molar-refractivity contribution is 5.67. The molecule has 4 nitrogen and oxygen atoms in total. The number of ether oxygens (including phenoxy) is 1. The minimum atomic E-state index is -0.0387. The van der Waals surface area contributed by atoms with Crippen LogP contribution in [0.2, 0.25) is 0 Å². The van der Waals surface area contributed by atoms with Crippen LogP contribution in [0.4, 0.5) is 0 Å². The zero-order chi connectivity index (χ0) is 14.9. The standard InChI is InChI=1S/C16H19N3O/c1-16(2,3)12-8-11(6-7-14(12)20-5)15-13(9-17)19(4)10-18-15/h6-8,10H,1-5H3. The number of nitrogens with zero attached hydrogens (tertiary/aromatic N) is 3. The van der Waals surface area contributed by atoms with Crippen LogP contribution in [-0.4, -0.2) is 16.7 Å². The molecule has 2 aromatic rings. The molecule has 0 unspecified atom stereocenters. The highest BCUT2D eigenvalue weighted by Crippen LogP contribution is 2.35. The molecular weight excluding hydrogens is 250 g/mol. The van der Waals surface area contributed by atoms with Gasteiger partial charge in [0.05, 0.1) is 13.4 Å². The lowest BCUT2D eigenvalue weighted by Gasteiger charge is -2.22. The molecule has 0 amide bonds. The molecule has 0 saturated carbocycles. The summed E-state index contributed by atoms with van der Waals surface area (Å²) in [6.07, 6.45) is 1.66. The first kappa shape index (κ1) is 14.1. The van der Waals surface area contributed by atoms with Crippen molar-refractivity contribution in [2.24, 2.45) is 7.05 Å². The SMILES string of the molecule is COc1ccc(-c2ncn(C)c2C#N)cc1C(C)(C)C. The van der Waals surface area contributed by atoms with Crippen LogP contribution >= 0.6 is 0 Å². The summed E-state index contributed by atoms with van der Waals surface area (Å²) in [5.41, 5.74) is 3.28. The van der Waals surface area contributed by atoms with Crippen molar-refractivity contribution >= 4 is 0 Å². The molecule has 20 heavy (non-hydrogen) atoms. The predicted molar refractivity (Wildman–Crippen MR) is 78.6 cm³/mol. The Hall–Kier alpha value is -2.28. The van der Waals surface area contributed by atoms with Crippen molar-refractivity contribution in [3.63, 3.8) is 0 Å². The van der Waals surface area contributed by atoms with Crippen LogP contribution < -0.4 is 4.74 Å². The topological polar surface area (TPSA) is 50.8 Å². The fourth-order valence-corrected chi connectivity index (χ4v) is 2.21. The molecule has 0 saturated heterocycles. The van der Waals surface area contributed by atoms with Crippen LogP contribution in [-0.2, 0) is 12.5 Å². The Morgan fingerprint density at radius 1 is 1.30 bits per heavy atom. The van der Waals surface area contributed by atoms with Crippen molar-refractivity contribution in [3.8, 4) is 23.1 Å². The van der Waals surface area contributed by atoms with Gasteiger partial charge >= 0.3 is 0 Å². The van der Waals surface area contributed by atoms with Crippen molar-refractivity contribution in [2.75, 3.05) is 7.11 Å². The number of aryl methyl sites for hydroxylation is 1. The monoisotopic (exact) mass is 269 g/mol. The first-order valence-electron chi connectivity index (χ1n) is 6.48. The lowest BCUT2D eigenvalue weighted by Crippen LogP contribution is -2.13. The number of imidazole rings is 1. The van der Waals surface area contributed by atoms with E-state index in [1.165, 1.54) is 0 Å². The second kappa shape index (κ2) is 5.01. The number of rotatable bonds is 2. The third kappa shape index (κ3) is 2.39. The lowest BCUT2D eigenvalue weighted by atomic mass is 9.85. The Labute approximate surface area is 119 Å². The molecule has 0 N–H and O–H groups in total. The summed E-state index contributed by atoms with van der Waals surface area (Å²) >= 11 is 0. The molecule has 1 aromatic carbocycles. The van der Waals surface area contributed by atoms with E-state index in [0.29, 0.717) is 11.4 Å². The van der Waals surface area contributed by atoms with E-state index in [9.17, 15) is 5.26 Å². The third-order valence-electron chi connectivity index (χ3n) is 3.32. The van der Waals surface area contributed by atoms with Gasteiger partial charge in [-0.3, -0.25) is 0 Å². The van der Waals surface area contributed by atoms with Gasteiger partial charge in [0, 0.05) is 18.2 Å². The highest BCUT2D eigenvalue weighted by Gasteiger charge is 2.21. The largest absolute Gasteiger partial charge is 0.496 e. The van der Waals surface area contributed by atoms with Gasteiger partial charge in [-0.1, -0.05) is 20.8 Å².